The molecular weight excluding hydrogens is 708 g/mol. The predicted molar refractivity (Wildman–Crippen MR) is 209 cm³/mol. The summed E-state index contributed by atoms with van der Waals surface area (Å²) in [6.45, 7) is 16.6. The van der Waals surface area contributed by atoms with Gasteiger partial charge in [-0.25, -0.2) is 4.79 Å². The molecule has 3 heterocycles. The lowest BCUT2D eigenvalue weighted by molar-refractivity contribution is -0.339. The average molecular weight is 777 g/mol. The van der Waals surface area contributed by atoms with Crippen LogP contribution in [-0.4, -0.2) is 113 Å². The molecule has 0 radical (unpaired) electrons. The van der Waals surface area contributed by atoms with Crippen LogP contribution >= 0.6 is 0 Å². The van der Waals surface area contributed by atoms with Crippen molar-refractivity contribution >= 4 is 5.97 Å². The highest BCUT2D eigenvalue weighted by molar-refractivity contribution is 5.87. The van der Waals surface area contributed by atoms with Crippen LogP contribution < -0.4 is 0 Å². The molecular formula is C43H68O12. The Morgan fingerprint density at radius 2 is 1.73 bits per heavy atom. The smallest absolute Gasteiger partial charge is 0.373 e. The van der Waals surface area contributed by atoms with Gasteiger partial charge in [-0.1, -0.05) is 94.4 Å². The predicted octanol–water partition coefficient (Wildman–Crippen LogP) is 5.05. The van der Waals surface area contributed by atoms with Gasteiger partial charge in [0.15, 0.2) is 12.1 Å². The molecule has 0 bridgehead atoms. The number of allylic oxidation sites excluding steroid dienone is 8. The van der Waals surface area contributed by atoms with E-state index >= 15 is 0 Å². The number of methoxy groups -OCH3 is 2. The third kappa shape index (κ3) is 12.4. The molecule has 0 aromatic carbocycles. The van der Waals surface area contributed by atoms with Gasteiger partial charge in [0.05, 0.1) is 43.7 Å². The second-order valence-corrected chi connectivity index (χ2v) is 15.9. The quantitative estimate of drug-likeness (QED) is 0.148. The van der Waals surface area contributed by atoms with Gasteiger partial charge in [0.1, 0.15) is 18.3 Å². The maximum atomic E-state index is 13.8. The first-order valence-electron chi connectivity index (χ1n) is 19.6. The van der Waals surface area contributed by atoms with Gasteiger partial charge in [-0.2, -0.15) is 0 Å². The van der Waals surface area contributed by atoms with Crippen LogP contribution in [0.4, 0.5) is 0 Å². The van der Waals surface area contributed by atoms with Crippen LogP contribution in [0.2, 0.25) is 0 Å². The summed E-state index contributed by atoms with van der Waals surface area (Å²) in [5.74, 6) is -5.04. The summed E-state index contributed by atoms with van der Waals surface area (Å²) in [5.41, 5.74) is 1.74. The maximum Gasteiger partial charge on any atom is 0.373 e. The molecule has 0 saturated carbocycles. The Labute approximate surface area is 328 Å². The lowest BCUT2D eigenvalue weighted by atomic mass is 9.77. The van der Waals surface area contributed by atoms with Gasteiger partial charge in [-0.15, -0.1) is 0 Å². The zero-order chi connectivity index (χ0) is 41.2. The van der Waals surface area contributed by atoms with Gasteiger partial charge in [0, 0.05) is 43.6 Å². The maximum absolute atomic E-state index is 13.8. The van der Waals surface area contributed by atoms with E-state index < -0.39 is 84.8 Å². The van der Waals surface area contributed by atoms with Crippen molar-refractivity contribution in [2.24, 2.45) is 29.6 Å². The van der Waals surface area contributed by atoms with Crippen molar-refractivity contribution in [2.45, 2.75) is 149 Å². The number of carbonyl (C=O) groups is 1. The van der Waals surface area contributed by atoms with Crippen molar-refractivity contribution in [3.63, 3.8) is 0 Å². The summed E-state index contributed by atoms with van der Waals surface area (Å²) >= 11 is 0. The fourth-order valence-electron chi connectivity index (χ4n) is 7.76. The number of cyclic esters (lactones) is 1. The molecule has 5 N–H and O–H groups in total. The Morgan fingerprint density at radius 3 is 2.35 bits per heavy atom. The molecule has 0 unspecified atom stereocenters. The van der Waals surface area contributed by atoms with E-state index in [0.717, 1.165) is 5.57 Å². The van der Waals surface area contributed by atoms with Crippen LogP contribution in [0.5, 0.6) is 0 Å². The van der Waals surface area contributed by atoms with E-state index in [9.17, 15) is 30.3 Å². The fraction of sp³-hybridized carbons (Fsp3) is 0.698. The summed E-state index contributed by atoms with van der Waals surface area (Å²) in [5, 5.41) is 56.1. The zero-order valence-corrected chi connectivity index (χ0v) is 34.6. The molecule has 0 spiro atoms. The van der Waals surface area contributed by atoms with Crippen molar-refractivity contribution in [1.29, 1.82) is 0 Å². The summed E-state index contributed by atoms with van der Waals surface area (Å²) in [6, 6.07) is 0. The highest BCUT2D eigenvalue weighted by Gasteiger charge is 2.52. The molecule has 3 aliphatic heterocycles. The number of hydrogen-bond acceptors (Lipinski definition) is 12. The van der Waals surface area contributed by atoms with Crippen molar-refractivity contribution < 1.29 is 58.7 Å². The van der Waals surface area contributed by atoms with E-state index in [1.807, 2.05) is 84.1 Å². The van der Waals surface area contributed by atoms with Gasteiger partial charge >= 0.3 is 5.97 Å². The molecule has 0 aromatic heterocycles. The van der Waals surface area contributed by atoms with E-state index in [-0.39, 0.29) is 36.4 Å². The average Bonchev–Trinajstić information content (AvgIpc) is 3.13. The molecule has 0 aliphatic carbocycles. The number of ether oxygens (including phenoxy) is 6. The second-order valence-electron chi connectivity index (χ2n) is 15.9. The molecule has 16 atom stereocenters. The number of esters is 1. The second kappa shape index (κ2) is 21.2. The highest BCUT2D eigenvalue weighted by Crippen LogP contribution is 2.42. The van der Waals surface area contributed by atoms with Crippen LogP contribution in [0.3, 0.4) is 0 Å². The monoisotopic (exact) mass is 776 g/mol. The van der Waals surface area contributed by atoms with Crippen molar-refractivity contribution in [3.8, 4) is 0 Å². The van der Waals surface area contributed by atoms with E-state index in [1.165, 1.54) is 14.2 Å². The third-order valence-electron chi connectivity index (χ3n) is 11.4. The molecule has 0 aromatic rings. The summed E-state index contributed by atoms with van der Waals surface area (Å²) in [7, 11) is 2.86. The Bertz CT molecular complexity index is 1410. The first-order chi connectivity index (χ1) is 25.9. The van der Waals surface area contributed by atoms with Gasteiger partial charge in [0.2, 0.25) is 5.76 Å². The number of hydrogen-bond donors (Lipinski definition) is 5. The van der Waals surface area contributed by atoms with Crippen LogP contribution in [0.1, 0.15) is 81.6 Å². The number of aliphatic hydroxyl groups is 5. The summed E-state index contributed by atoms with van der Waals surface area (Å²) in [4.78, 5) is 13.8. The van der Waals surface area contributed by atoms with Crippen molar-refractivity contribution in [1.82, 2.24) is 0 Å². The fourth-order valence-corrected chi connectivity index (χ4v) is 7.76. The Morgan fingerprint density at radius 1 is 1.04 bits per heavy atom. The first kappa shape index (κ1) is 46.7. The van der Waals surface area contributed by atoms with E-state index in [4.69, 9.17) is 28.4 Å². The van der Waals surface area contributed by atoms with Crippen LogP contribution in [0.15, 0.2) is 71.6 Å². The molecule has 0 amide bonds. The van der Waals surface area contributed by atoms with Gasteiger partial charge in [-0.05, 0) is 46.1 Å². The molecule has 2 saturated heterocycles. The molecule has 12 heteroatoms. The lowest BCUT2D eigenvalue weighted by Crippen LogP contribution is -2.59. The van der Waals surface area contributed by atoms with Gasteiger partial charge < -0.3 is 54.0 Å². The first-order valence-corrected chi connectivity index (χ1v) is 19.6. The Hall–Kier alpha value is -2.65. The number of rotatable bonds is 10. The highest BCUT2D eigenvalue weighted by atomic mass is 16.7. The van der Waals surface area contributed by atoms with Crippen LogP contribution in [-0.2, 0) is 33.2 Å². The Kier molecular flexibility index (Phi) is 18.0. The van der Waals surface area contributed by atoms with Gasteiger partial charge in [0.25, 0.3) is 0 Å². The van der Waals surface area contributed by atoms with Crippen LogP contribution in [0, 0.1) is 29.6 Å². The summed E-state index contributed by atoms with van der Waals surface area (Å²) < 4.78 is 36.1. The van der Waals surface area contributed by atoms with Gasteiger partial charge in [-0.3, -0.25) is 0 Å². The molecule has 3 aliphatic rings. The molecule has 2 fully saturated rings. The SMILES string of the molecule is CC=CC=C[C@H]1O[C@@](O)([C@@H](C)[C@H](O)[C@H](C)[C@H]2OC(=O)C(OC)=CC(C)=C[C@@H](C)[C@@H](O)[C@@H](C)CC(C)=CC=C[C@@H]2OC)C[C@@H](O[C@H]2C[C@@H](O)[C@H](O)[C@@H](C)O2)[C@@H]1C. The summed E-state index contributed by atoms with van der Waals surface area (Å²) in [6.07, 6.45) is 8.29. The molecule has 312 valence electrons. The minimum absolute atomic E-state index is 0.0349. The number of carbonyl (C=O) groups excluding carboxylic acids is 1. The van der Waals surface area contributed by atoms with Crippen molar-refractivity contribution in [3.05, 3.63) is 71.6 Å². The largest absolute Gasteiger partial charge is 0.490 e. The van der Waals surface area contributed by atoms with Crippen molar-refractivity contribution in [2.75, 3.05) is 14.2 Å². The minimum atomic E-state index is -1.92. The minimum Gasteiger partial charge on any atom is -0.490 e. The third-order valence-corrected chi connectivity index (χ3v) is 11.4. The Balaban J connectivity index is 2.00. The normalized spacial score (nSPS) is 39.2. The molecule has 3 rings (SSSR count). The van der Waals surface area contributed by atoms with E-state index in [0.29, 0.717) is 12.0 Å². The zero-order valence-electron chi connectivity index (χ0n) is 34.6. The molecule has 12 nitrogen and oxygen atoms in total. The van der Waals surface area contributed by atoms with E-state index in [1.54, 1.807) is 32.9 Å². The van der Waals surface area contributed by atoms with Crippen LogP contribution in [0.25, 0.3) is 0 Å². The topological polar surface area (TPSA) is 174 Å². The van der Waals surface area contributed by atoms with E-state index in [2.05, 4.69) is 0 Å². The lowest BCUT2D eigenvalue weighted by Gasteiger charge is -2.49. The standard InChI is InChI=1S/C43H68O12/c1-12-13-14-17-33-28(6)36(53-37-22-32(44)40(47)31(9)52-37)23-43(49,55-33)30(8)39(46)29(7)41-34(50-10)18-15-16-24(2)19-26(4)38(45)27(5)20-25(3)21-35(51-11)42(48)54-41/h12-18,20-21,26-34,36-41,44-47,49H,19,22-23H2,1-11H3/t26-,27+,28+,29-,30-,31+,32+,33+,34-,36+,37-,38-,39+,40+,41+,43+/m0/s1. The number of aliphatic hydroxyl groups excluding tert-OH is 4. The molecule has 55 heavy (non-hydrogen) atoms.